The molecular formula is C63H53BN2OS. The Kier molecular flexibility index (Phi) is 7.28. The van der Waals surface area contributed by atoms with Crippen LogP contribution in [0.25, 0.3) is 91.9 Å². The molecule has 0 atom stereocenters. The van der Waals surface area contributed by atoms with Gasteiger partial charge in [0.05, 0.1) is 16.4 Å². The Labute approximate surface area is 402 Å². The quantitative estimate of drug-likeness (QED) is 0.153. The Bertz CT molecular complexity index is 4110. The average Bonchev–Trinajstić information content (AvgIpc) is 4.05. The summed E-state index contributed by atoms with van der Waals surface area (Å²) in [6.45, 7) is 21.5. The first-order chi connectivity index (χ1) is 32.6. The molecule has 2 aliphatic heterocycles. The van der Waals surface area contributed by atoms with Crippen molar-refractivity contribution in [1.82, 2.24) is 4.57 Å². The van der Waals surface area contributed by atoms with Crippen molar-refractivity contribution in [3.8, 4) is 27.9 Å². The van der Waals surface area contributed by atoms with Gasteiger partial charge < -0.3 is 13.8 Å². The number of nitrogens with zero attached hydrogens (tertiary/aromatic N) is 2. The van der Waals surface area contributed by atoms with Gasteiger partial charge in [-0.25, -0.2) is 0 Å². The molecule has 0 amide bonds. The number of hydrogen-bond acceptors (Lipinski definition) is 3. The van der Waals surface area contributed by atoms with E-state index in [1.54, 1.807) is 0 Å². The van der Waals surface area contributed by atoms with Crippen LogP contribution in [0, 0.1) is 0 Å². The van der Waals surface area contributed by atoms with Crippen molar-refractivity contribution in [2.75, 3.05) is 4.81 Å². The van der Waals surface area contributed by atoms with Crippen molar-refractivity contribution in [3.63, 3.8) is 0 Å². The first-order valence-corrected chi connectivity index (χ1v) is 25.6. The van der Waals surface area contributed by atoms with Crippen LogP contribution < -0.4 is 15.7 Å². The topological polar surface area (TPSA) is 21.3 Å². The van der Waals surface area contributed by atoms with Gasteiger partial charge in [-0.1, -0.05) is 141 Å². The second-order valence-corrected chi connectivity index (χ2v) is 24.6. The fraction of sp³-hybridized carbons (Fsp3) is 0.238. The maximum Gasteiger partial charge on any atom is 0.333 e. The number of thiophene rings is 1. The van der Waals surface area contributed by atoms with Gasteiger partial charge in [-0.2, -0.15) is 0 Å². The molecule has 0 fully saturated rings. The Morgan fingerprint density at radius 1 is 0.574 bits per heavy atom. The van der Waals surface area contributed by atoms with E-state index in [1.807, 2.05) is 11.3 Å². The van der Waals surface area contributed by atoms with Gasteiger partial charge >= 0.3 is 6.85 Å². The predicted molar refractivity (Wildman–Crippen MR) is 292 cm³/mol. The lowest BCUT2D eigenvalue weighted by atomic mass is 9.43. The molecule has 15 rings (SSSR count). The second kappa shape index (κ2) is 12.6. The number of anilines is 2. The Morgan fingerprint density at radius 3 is 2.06 bits per heavy atom. The second-order valence-electron chi connectivity index (χ2n) is 23.5. The van der Waals surface area contributed by atoms with E-state index in [9.17, 15) is 0 Å². The normalized spacial score (nSPS) is 17.1. The minimum Gasteiger partial charge on any atom is -0.455 e. The summed E-state index contributed by atoms with van der Waals surface area (Å²) < 4.78 is 12.7. The standard InChI is InChI=1S/C63H53BN2OS/c1-60(2,3)34-22-24-35(25-23-34)66-49-33-53-40(37-17-12-15-21-52(37)68-53)28-41(49)54-55-38-18-11-14-20-51(38)67-59(55)56-42-29-45-46(62(6,7)27-26-61(45,4)5)32-48(42)65-50-31-44-39(30-47(50)64(66)57(54)58(56)65)36-16-10-13-19-43(36)63(44,8)9/h10-25,28-33H,26-27H2,1-9H3. The molecule has 0 bridgehead atoms. The van der Waals surface area contributed by atoms with Gasteiger partial charge in [-0.3, -0.25) is 0 Å². The van der Waals surface area contributed by atoms with E-state index in [4.69, 9.17) is 4.42 Å². The van der Waals surface area contributed by atoms with Crippen LogP contribution in [0.3, 0.4) is 0 Å². The van der Waals surface area contributed by atoms with Crippen molar-refractivity contribution < 1.29 is 4.42 Å². The van der Waals surface area contributed by atoms with E-state index >= 15 is 0 Å². The van der Waals surface area contributed by atoms with E-state index in [0.29, 0.717) is 0 Å². The molecule has 11 aromatic rings. The zero-order valence-electron chi connectivity index (χ0n) is 40.4. The third-order valence-electron chi connectivity index (χ3n) is 17.4. The molecule has 3 nitrogen and oxygen atoms in total. The molecular weight excluding hydrogens is 844 g/mol. The Balaban J connectivity index is 1.20. The molecule has 5 heteroatoms. The fourth-order valence-electron chi connectivity index (χ4n) is 13.7. The van der Waals surface area contributed by atoms with Crippen molar-refractivity contribution >= 4 is 104 Å². The number of hydrogen-bond donors (Lipinski definition) is 0. The molecule has 5 heterocycles. The van der Waals surface area contributed by atoms with E-state index in [0.717, 1.165) is 24.0 Å². The van der Waals surface area contributed by atoms with Crippen LogP contribution in [-0.4, -0.2) is 11.4 Å². The minimum absolute atomic E-state index is 0.0235. The van der Waals surface area contributed by atoms with Gasteiger partial charge in [0.2, 0.25) is 0 Å². The first kappa shape index (κ1) is 39.4. The summed E-state index contributed by atoms with van der Waals surface area (Å²) in [5.41, 5.74) is 23.2. The van der Waals surface area contributed by atoms with Crippen LogP contribution in [0.15, 0.2) is 138 Å². The van der Waals surface area contributed by atoms with Gasteiger partial charge in [0, 0.05) is 64.4 Å². The molecule has 3 aromatic heterocycles. The molecule has 330 valence electrons. The minimum atomic E-state index is -0.170. The third-order valence-corrected chi connectivity index (χ3v) is 18.5. The van der Waals surface area contributed by atoms with Gasteiger partial charge in [-0.05, 0) is 139 Å². The van der Waals surface area contributed by atoms with Gasteiger partial charge in [-0.15, -0.1) is 11.3 Å². The average molecular weight is 897 g/mol. The number of aromatic nitrogens is 1. The van der Waals surface area contributed by atoms with Crippen molar-refractivity contribution in [2.45, 2.75) is 96.8 Å². The van der Waals surface area contributed by atoms with Crippen LogP contribution >= 0.6 is 11.3 Å². The third kappa shape index (κ3) is 4.81. The largest absolute Gasteiger partial charge is 0.455 e. The number of rotatable bonds is 1. The maximum atomic E-state index is 7.38. The summed E-state index contributed by atoms with van der Waals surface area (Å²) >= 11 is 1.91. The highest BCUT2D eigenvalue weighted by molar-refractivity contribution is 7.25. The van der Waals surface area contributed by atoms with Crippen LogP contribution in [0.1, 0.15) is 103 Å². The van der Waals surface area contributed by atoms with Gasteiger partial charge in [0.15, 0.2) is 0 Å². The van der Waals surface area contributed by atoms with E-state index in [-0.39, 0.29) is 28.5 Å². The number of benzene rings is 8. The summed E-state index contributed by atoms with van der Waals surface area (Å²) in [7, 11) is 0. The zero-order valence-corrected chi connectivity index (χ0v) is 41.2. The molecule has 2 aliphatic carbocycles. The highest BCUT2D eigenvalue weighted by Crippen LogP contribution is 2.56. The zero-order chi connectivity index (χ0) is 46.1. The maximum absolute atomic E-state index is 7.38. The molecule has 8 aromatic carbocycles. The fourth-order valence-corrected chi connectivity index (χ4v) is 14.8. The van der Waals surface area contributed by atoms with Crippen molar-refractivity contribution in [3.05, 3.63) is 161 Å². The van der Waals surface area contributed by atoms with Crippen molar-refractivity contribution in [2.24, 2.45) is 0 Å². The molecule has 0 radical (unpaired) electrons. The summed E-state index contributed by atoms with van der Waals surface area (Å²) in [5, 5.41) is 7.55. The van der Waals surface area contributed by atoms with Crippen LogP contribution in [0.5, 0.6) is 0 Å². The Hall–Kier alpha value is -6.56. The van der Waals surface area contributed by atoms with Crippen LogP contribution in [0.2, 0.25) is 0 Å². The number of para-hydroxylation sites is 1. The molecule has 0 N–H and O–H groups in total. The smallest absolute Gasteiger partial charge is 0.333 e. The molecule has 0 unspecified atom stereocenters. The molecule has 0 saturated carbocycles. The van der Waals surface area contributed by atoms with E-state index in [1.165, 1.54) is 131 Å². The lowest BCUT2D eigenvalue weighted by Gasteiger charge is -2.43. The molecule has 0 spiro atoms. The van der Waals surface area contributed by atoms with E-state index in [2.05, 4.69) is 205 Å². The first-order valence-electron chi connectivity index (χ1n) is 24.7. The summed E-state index contributed by atoms with van der Waals surface area (Å²) in [6, 6.07) is 52.0. The van der Waals surface area contributed by atoms with Gasteiger partial charge in [0.25, 0.3) is 0 Å². The lowest BCUT2D eigenvalue weighted by Crippen LogP contribution is -2.60. The van der Waals surface area contributed by atoms with Gasteiger partial charge in [0.1, 0.15) is 11.2 Å². The molecule has 0 saturated heterocycles. The van der Waals surface area contributed by atoms with Crippen molar-refractivity contribution in [1.29, 1.82) is 0 Å². The summed E-state index contributed by atoms with van der Waals surface area (Å²) in [6.07, 6.45) is 2.32. The highest BCUT2D eigenvalue weighted by atomic mass is 32.1. The predicted octanol–water partition coefficient (Wildman–Crippen LogP) is 16.2. The van der Waals surface area contributed by atoms with Crippen LogP contribution in [0.4, 0.5) is 11.4 Å². The number of furan rings is 1. The number of fused-ring (bicyclic) bond motifs is 20. The SMILES string of the molecule is CC(C)(C)c1ccc(N2B3c4cc5c(cc4-n4c6cc7c(cc6c6c8oc9ccccc9c8c(c3c64)-c3cc4c(cc32)sc2ccccc24)C(C)(C)CCC7(C)C)C(C)(C)c2ccccc2-5)cc1. The summed E-state index contributed by atoms with van der Waals surface area (Å²) in [5.74, 6) is 0. The highest BCUT2D eigenvalue weighted by Gasteiger charge is 2.49. The Morgan fingerprint density at radius 2 is 1.28 bits per heavy atom. The lowest BCUT2D eigenvalue weighted by molar-refractivity contribution is 0.332. The monoisotopic (exact) mass is 896 g/mol. The van der Waals surface area contributed by atoms with Crippen LogP contribution in [-0.2, 0) is 21.7 Å². The molecule has 68 heavy (non-hydrogen) atoms. The van der Waals surface area contributed by atoms with E-state index < -0.39 is 0 Å². The molecule has 4 aliphatic rings. The summed E-state index contributed by atoms with van der Waals surface area (Å²) in [4.78, 5) is 2.73.